The largest absolute Gasteiger partial charge is 0.324 e. The minimum Gasteiger partial charge on any atom is -0.324 e. The number of nitrogens with one attached hydrogen (secondary N) is 1. The number of hydrogen-bond acceptors (Lipinski definition) is 2. The van der Waals surface area contributed by atoms with Gasteiger partial charge in [-0.2, -0.15) is 0 Å². The Bertz CT molecular complexity index is 218. The zero-order valence-electron chi connectivity index (χ0n) is 7.37. The van der Waals surface area contributed by atoms with Gasteiger partial charge in [-0.15, -0.1) is 12.4 Å². The van der Waals surface area contributed by atoms with E-state index in [1.54, 1.807) is 0 Å². The SMILES string of the molecule is CC(C)c1ccc(NN)cc1.Cl. The van der Waals surface area contributed by atoms with Crippen molar-refractivity contribution in [2.24, 2.45) is 5.84 Å². The third-order valence-corrected chi connectivity index (χ3v) is 1.74. The van der Waals surface area contributed by atoms with Crippen molar-refractivity contribution in [2.45, 2.75) is 19.8 Å². The van der Waals surface area contributed by atoms with Crippen LogP contribution in [0.1, 0.15) is 25.3 Å². The molecule has 0 aliphatic heterocycles. The molecule has 3 heteroatoms. The van der Waals surface area contributed by atoms with Crippen LogP contribution in [0.15, 0.2) is 24.3 Å². The van der Waals surface area contributed by atoms with Crippen molar-refractivity contribution >= 4 is 18.1 Å². The molecule has 12 heavy (non-hydrogen) atoms. The van der Waals surface area contributed by atoms with Crippen LogP contribution in [0.5, 0.6) is 0 Å². The summed E-state index contributed by atoms with van der Waals surface area (Å²) in [5, 5.41) is 0. The Morgan fingerprint density at radius 1 is 1.17 bits per heavy atom. The molecule has 1 rings (SSSR count). The van der Waals surface area contributed by atoms with Crippen molar-refractivity contribution in [3.8, 4) is 0 Å². The molecule has 0 saturated heterocycles. The Hall–Kier alpha value is -0.730. The molecule has 0 amide bonds. The summed E-state index contributed by atoms with van der Waals surface area (Å²) in [7, 11) is 0. The average Bonchev–Trinajstić information content (AvgIpc) is 2.05. The van der Waals surface area contributed by atoms with Gasteiger partial charge in [-0.05, 0) is 23.6 Å². The van der Waals surface area contributed by atoms with E-state index in [4.69, 9.17) is 5.84 Å². The maximum Gasteiger partial charge on any atom is 0.0485 e. The zero-order valence-corrected chi connectivity index (χ0v) is 8.19. The van der Waals surface area contributed by atoms with Gasteiger partial charge >= 0.3 is 0 Å². The van der Waals surface area contributed by atoms with Gasteiger partial charge in [-0.25, -0.2) is 0 Å². The van der Waals surface area contributed by atoms with Gasteiger partial charge in [0.05, 0.1) is 0 Å². The van der Waals surface area contributed by atoms with Crippen LogP contribution in [0.3, 0.4) is 0 Å². The Morgan fingerprint density at radius 2 is 1.67 bits per heavy atom. The molecule has 1 aromatic carbocycles. The van der Waals surface area contributed by atoms with Crippen LogP contribution in [-0.4, -0.2) is 0 Å². The fourth-order valence-electron chi connectivity index (χ4n) is 0.964. The van der Waals surface area contributed by atoms with E-state index < -0.39 is 0 Å². The highest BCUT2D eigenvalue weighted by Crippen LogP contribution is 2.16. The third-order valence-electron chi connectivity index (χ3n) is 1.74. The molecule has 0 bridgehead atoms. The van der Waals surface area contributed by atoms with Crippen molar-refractivity contribution < 1.29 is 0 Å². The molecule has 0 radical (unpaired) electrons. The van der Waals surface area contributed by atoms with Gasteiger partial charge < -0.3 is 5.43 Å². The summed E-state index contributed by atoms with van der Waals surface area (Å²) in [5.41, 5.74) is 4.88. The number of rotatable bonds is 2. The fourth-order valence-corrected chi connectivity index (χ4v) is 0.964. The summed E-state index contributed by atoms with van der Waals surface area (Å²) < 4.78 is 0. The van der Waals surface area contributed by atoms with Crippen LogP contribution in [0.25, 0.3) is 0 Å². The van der Waals surface area contributed by atoms with Gasteiger partial charge in [0, 0.05) is 5.69 Å². The molecule has 0 aliphatic carbocycles. The summed E-state index contributed by atoms with van der Waals surface area (Å²) in [6.45, 7) is 4.34. The number of nitrogen functional groups attached to an aromatic ring is 1. The lowest BCUT2D eigenvalue weighted by atomic mass is 10.0. The van der Waals surface area contributed by atoms with Crippen LogP contribution >= 0.6 is 12.4 Å². The number of hydrazine groups is 1. The van der Waals surface area contributed by atoms with E-state index >= 15 is 0 Å². The molecule has 0 heterocycles. The highest BCUT2D eigenvalue weighted by Gasteiger charge is 1.96. The summed E-state index contributed by atoms with van der Waals surface area (Å²) in [6.07, 6.45) is 0. The number of nitrogens with two attached hydrogens (primary N) is 1. The third kappa shape index (κ3) is 2.72. The average molecular weight is 187 g/mol. The molecule has 0 unspecified atom stereocenters. The highest BCUT2D eigenvalue weighted by atomic mass is 35.5. The Morgan fingerprint density at radius 3 is 2.00 bits per heavy atom. The number of halogens is 1. The van der Waals surface area contributed by atoms with Crippen LogP contribution in [0, 0.1) is 0 Å². The van der Waals surface area contributed by atoms with E-state index in [0.29, 0.717) is 5.92 Å². The highest BCUT2D eigenvalue weighted by molar-refractivity contribution is 5.85. The lowest BCUT2D eigenvalue weighted by Gasteiger charge is -2.05. The fraction of sp³-hybridized carbons (Fsp3) is 0.333. The standard InChI is InChI=1S/C9H14N2.ClH/c1-7(2)8-3-5-9(11-10)6-4-8;/h3-7,11H,10H2,1-2H3;1H. The number of hydrogen-bond donors (Lipinski definition) is 2. The van der Waals surface area contributed by atoms with E-state index in [-0.39, 0.29) is 12.4 Å². The number of anilines is 1. The summed E-state index contributed by atoms with van der Waals surface area (Å²) >= 11 is 0. The topological polar surface area (TPSA) is 38.0 Å². The molecule has 0 fully saturated rings. The molecule has 0 aliphatic rings. The summed E-state index contributed by atoms with van der Waals surface area (Å²) in [5.74, 6) is 5.81. The van der Waals surface area contributed by atoms with E-state index in [0.717, 1.165) is 5.69 Å². The maximum atomic E-state index is 5.23. The molecular weight excluding hydrogens is 172 g/mol. The van der Waals surface area contributed by atoms with Gasteiger partial charge in [0.25, 0.3) is 0 Å². The lowest BCUT2D eigenvalue weighted by molar-refractivity contribution is 0.867. The summed E-state index contributed by atoms with van der Waals surface area (Å²) in [4.78, 5) is 0. The van der Waals surface area contributed by atoms with Crippen LogP contribution < -0.4 is 11.3 Å². The normalized spacial score (nSPS) is 9.33. The first-order valence-electron chi connectivity index (χ1n) is 3.80. The molecule has 68 valence electrons. The predicted molar refractivity (Wildman–Crippen MR) is 55.6 cm³/mol. The molecule has 0 saturated carbocycles. The molecule has 3 N–H and O–H groups in total. The molecule has 0 spiro atoms. The van der Waals surface area contributed by atoms with E-state index in [2.05, 4.69) is 31.4 Å². The van der Waals surface area contributed by atoms with Crippen LogP contribution in [0.4, 0.5) is 5.69 Å². The first kappa shape index (κ1) is 11.3. The first-order chi connectivity index (χ1) is 5.24. The van der Waals surface area contributed by atoms with Gasteiger partial charge in [0.1, 0.15) is 0 Å². The Balaban J connectivity index is 0.00000121. The van der Waals surface area contributed by atoms with E-state index in [9.17, 15) is 0 Å². The second-order valence-electron chi connectivity index (χ2n) is 2.92. The van der Waals surface area contributed by atoms with Crippen LogP contribution in [-0.2, 0) is 0 Å². The quantitative estimate of drug-likeness (QED) is 0.550. The molecule has 1 aromatic rings. The molecular formula is C9H15ClN2. The van der Waals surface area contributed by atoms with Gasteiger partial charge in [0.2, 0.25) is 0 Å². The van der Waals surface area contributed by atoms with Crippen molar-refractivity contribution in [2.75, 3.05) is 5.43 Å². The van der Waals surface area contributed by atoms with Crippen molar-refractivity contribution in [1.82, 2.24) is 0 Å². The van der Waals surface area contributed by atoms with Crippen molar-refractivity contribution in [1.29, 1.82) is 0 Å². The minimum absolute atomic E-state index is 0. The van der Waals surface area contributed by atoms with E-state index in [1.165, 1.54) is 5.56 Å². The Kier molecular flexibility index (Phi) is 4.71. The van der Waals surface area contributed by atoms with Crippen molar-refractivity contribution in [3.05, 3.63) is 29.8 Å². The smallest absolute Gasteiger partial charge is 0.0485 e. The lowest BCUT2D eigenvalue weighted by Crippen LogP contribution is -2.06. The monoisotopic (exact) mass is 186 g/mol. The first-order valence-corrected chi connectivity index (χ1v) is 3.80. The second kappa shape index (κ2) is 5.01. The summed E-state index contributed by atoms with van der Waals surface area (Å²) in [6, 6.07) is 8.13. The van der Waals surface area contributed by atoms with Gasteiger partial charge in [-0.1, -0.05) is 26.0 Å². The van der Waals surface area contributed by atoms with E-state index in [1.807, 2.05) is 12.1 Å². The van der Waals surface area contributed by atoms with Gasteiger partial charge in [0.15, 0.2) is 0 Å². The minimum atomic E-state index is 0. The molecule has 0 aromatic heterocycles. The number of benzene rings is 1. The molecule has 2 nitrogen and oxygen atoms in total. The van der Waals surface area contributed by atoms with Crippen LogP contribution in [0.2, 0.25) is 0 Å². The predicted octanol–water partition coefficient (Wildman–Crippen LogP) is 2.52. The maximum absolute atomic E-state index is 5.23. The Labute approximate surface area is 79.5 Å². The van der Waals surface area contributed by atoms with Crippen molar-refractivity contribution in [3.63, 3.8) is 0 Å². The second-order valence-corrected chi connectivity index (χ2v) is 2.92. The van der Waals surface area contributed by atoms with Gasteiger partial charge in [-0.3, -0.25) is 5.84 Å². The zero-order chi connectivity index (χ0) is 8.27. The molecule has 0 atom stereocenters.